The Bertz CT molecular complexity index is 418. The molecule has 0 spiro atoms. The third-order valence-electron chi connectivity index (χ3n) is 4.72. The lowest BCUT2D eigenvalue weighted by atomic mass is 9.89. The Labute approximate surface area is 130 Å². The van der Waals surface area contributed by atoms with Crippen LogP contribution >= 0.6 is 0 Å². The van der Waals surface area contributed by atoms with E-state index in [4.69, 9.17) is 5.73 Å². The molecule has 3 atom stereocenters. The molecule has 1 heterocycles. The summed E-state index contributed by atoms with van der Waals surface area (Å²) in [5.41, 5.74) is 7.91. The highest BCUT2D eigenvalue weighted by Gasteiger charge is 2.33. The normalized spacial score (nSPS) is 24.8. The Morgan fingerprint density at radius 1 is 1.14 bits per heavy atom. The van der Waals surface area contributed by atoms with E-state index in [0.29, 0.717) is 18.0 Å². The van der Waals surface area contributed by atoms with Gasteiger partial charge in [0, 0.05) is 31.2 Å². The standard InChI is InChI=1S/C18H31N3/c1-14(2)18(17(19)16-9-6-5-7-10-16)21-12-8-11-20(4)13-15(21)3/h5-7,9-10,14-15,17-18H,8,11-13,19H2,1-4H3. The van der Waals surface area contributed by atoms with E-state index in [0.717, 1.165) is 13.1 Å². The fraction of sp³-hybridized carbons (Fsp3) is 0.667. The number of nitrogens with two attached hydrogens (primary N) is 1. The highest BCUT2D eigenvalue weighted by Crippen LogP contribution is 2.27. The van der Waals surface area contributed by atoms with Crippen LogP contribution in [0.25, 0.3) is 0 Å². The van der Waals surface area contributed by atoms with Gasteiger partial charge in [0.2, 0.25) is 0 Å². The first kappa shape index (κ1) is 16.5. The van der Waals surface area contributed by atoms with Crippen molar-refractivity contribution in [1.82, 2.24) is 9.80 Å². The van der Waals surface area contributed by atoms with Crippen molar-refractivity contribution in [2.45, 2.75) is 45.3 Å². The summed E-state index contributed by atoms with van der Waals surface area (Å²) in [6.07, 6.45) is 1.23. The lowest BCUT2D eigenvalue weighted by Gasteiger charge is -2.41. The van der Waals surface area contributed by atoms with Crippen LogP contribution in [0.15, 0.2) is 30.3 Å². The Hall–Kier alpha value is -0.900. The van der Waals surface area contributed by atoms with Gasteiger partial charge in [-0.25, -0.2) is 0 Å². The van der Waals surface area contributed by atoms with Crippen molar-refractivity contribution >= 4 is 0 Å². The van der Waals surface area contributed by atoms with Gasteiger partial charge in [-0.05, 0) is 38.4 Å². The fourth-order valence-electron chi connectivity index (χ4n) is 3.71. The molecule has 0 amide bonds. The largest absolute Gasteiger partial charge is 0.323 e. The molecule has 118 valence electrons. The van der Waals surface area contributed by atoms with Gasteiger partial charge >= 0.3 is 0 Å². The molecule has 1 aliphatic heterocycles. The summed E-state index contributed by atoms with van der Waals surface area (Å²) in [6.45, 7) is 10.4. The Morgan fingerprint density at radius 3 is 2.43 bits per heavy atom. The van der Waals surface area contributed by atoms with E-state index >= 15 is 0 Å². The first-order valence-electron chi connectivity index (χ1n) is 8.25. The molecular formula is C18H31N3. The van der Waals surface area contributed by atoms with Crippen LogP contribution in [0.1, 0.15) is 38.8 Å². The molecule has 1 aromatic carbocycles. The van der Waals surface area contributed by atoms with Crippen LogP contribution in [0.3, 0.4) is 0 Å². The molecule has 1 fully saturated rings. The second-order valence-corrected chi connectivity index (χ2v) is 6.87. The summed E-state index contributed by atoms with van der Waals surface area (Å²) in [5.74, 6) is 0.547. The molecule has 3 unspecified atom stereocenters. The minimum Gasteiger partial charge on any atom is -0.323 e. The topological polar surface area (TPSA) is 32.5 Å². The van der Waals surface area contributed by atoms with E-state index in [9.17, 15) is 0 Å². The molecule has 0 aromatic heterocycles. The minimum atomic E-state index is 0.0806. The van der Waals surface area contributed by atoms with Crippen molar-refractivity contribution < 1.29 is 0 Å². The first-order valence-corrected chi connectivity index (χ1v) is 8.25. The molecular weight excluding hydrogens is 258 g/mol. The zero-order valence-electron chi connectivity index (χ0n) is 14.0. The first-order chi connectivity index (χ1) is 10.0. The average Bonchev–Trinajstić information content (AvgIpc) is 2.61. The number of nitrogens with zero attached hydrogens (tertiary/aromatic N) is 2. The molecule has 1 aromatic rings. The summed E-state index contributed by atoms with van der Waals surface area (Å²) < 4.78 is 0. The molecule has 0 bridgehead atoms. The lowest BCUT2D eigenvalue weighted by molar-refractivity contribution is 0.0910. The zero-order valence-corrected chi connectivity index (χ0v) is 14.0. The van der Waals surface area contributed by atoms with Gasteiger partial charge in [-0.2, -0.15) is 0 Å². The summed E-state index contributed by atoms with van der Waals surface area (Å²) in [6, 6.07) is 11.6. The Kier molecular flexibility index (Phi) is 5.80. The maximum Gasteiger partial charge on any atom is 0.0455 e. The maximum absolute atomic E-state index is 6.66. The number of benzene rings is 1. The van der Waals surface area contributed by atoms with Crippen LogP contribution in [0.5, 0.6) is 0 Å². The summed E-state index contributed by atoms with van der Waals surface area (Å²) in [4.78, 5) is 5.09. The van der Waals surface area contributed by atoms with E-state index in [2.05, 4.69) is 68.0 Å². The zero-order chi connectivity index (χ0) is 15.4. The van der Waals surface area contributed by atoms with Gasteiger partial charge in [-0.15, -0.1) is 0 Å². The monoisotopic (exact) mass is 289 g/mol. The molecule has 0 radical (unpaired) electrons. The van der Waals surface area contributed by atoms with Crippen LogP contribution in [0.2, 0.25) is 0 Å². The van der Waals surface area contributed by atoms with Crippen molar-refractivity contribution in [3.8, 4) is 0 Å². The van der Waals surface area contributed by atoms with Gasteiger partial charge in [0.05, 0.1) is 0 Å². The van der Waals surface area contributed by atoms with Gasteiger partial charge in [0.15, 0.2) is 0 Å². The molecule has 2 N–H and O–H groups in total. The third kappa shape index (κ3) is 4.06. The molecule has 3 nitrogen and oxygen atoms in total. The minimum absolute atomic E-state index is 0.0806. The Morgan fingerprint density at radius 2 is 1.81 bits per heavy atom. The number of rotatable bonds is 4. The van der Waals surface area contributed by atoms with Crippen LogP contribution in [0.4, 0.5) is 0 Å². The second-order valence-electron chi connectivity index (χ2n) is 6.87. The van der Waals surface area contributed by atoms with Gasteiger partial charge in [0.1, 0.15) is 0 Å². The van der Waals surface area contributed by atoms with Crippen LogP contribution in [0, 0.1) is 5.92 Å². The predicted octanol–water partition coefficient (Wildman–Crippen LogP) is 2.74. The van der Waals surface area contributed by atoms with Crippen molar-refractivity contribution in [2.24, 2.45) is 11.7 Å². The highest BCUT2D eigenvalue weighted by molar-refractivity contribution is 5.20. The van der Waals surface area contributed by atoms with E-state index < -0.39 is 0 Å². The van der Waals surface area contributed by atoms with Crippen molar-refractivity contribution in [3.05, 3.63) is 35.9 Å². The van der Waals surface area contributed by atoms with Crippen molar-refractivity contribution in [1.29, 1.82) is 0 Å². The van der Waals surface area contributed by atoms with E-state index in [1.165, 1.54) is 18.5 Å². The van der Waals surface area contributed by atoms with E-state index in [1.54, 1.807) is 0 Å². The molecule has 2 rings (SSSR count). The summed E-state index contributed by atoms with van der Waals surface area (Å²) >= 11 is 0. The van der Waals surface area contributed by atoms with Crippen LogP contribution < -0.4 is 5.73 Å². The molecule has 1 saturated heterocycles. The van der Waals surface area contributed by atoms with Crippen molar-refractivity contribution in [3.63, 3.8) is 0 Å². The summed E-state index contributed by atoms with van der Waals surface area (Å²) in [7, 11) is 2.22. The number of hydrogen-bond donors (Lipinski definition) is 1. The van der Waals surface area contributed by atoms with Crippen LogP contribution in [-0.2, 0) is 0 Å². The number of hydrogen-bond acceptors (Lipinski definition) is 3. The lowest BCUT2D eigenvalue weighted by Crippen LogP contribution is -2.51. The second kappa shape index (κ2) is 7.39. The van der Waals surface area contributed by atoms with E-state index in [-0.39, 0.29) is 6.04 Å². The van der Waals surface area contributed by atoms with Gasteiger partial charge < -0.3 is 10.6 Å². The summed E-state index contributed by atoms with van der Waals surface area (Å²) in [5, 5.41) is 0. The quantitative estimate of drug-likeness (QED) is 0.925. The van der Waals surface area contributed by atoms with E-state index in [1.807, 2.05) is 0 Å². The SMILES string of the molecule is CC(C)C(C(N)c1ccccc1)N1CCCN(C)CC1C. The Balaban J connectivity index is 2.21. The molecule has 0 saturated carbocycles. The maximum atomic E-state index is 6.66. The van der Waals surface area contributed by atoms with Gasteiger partial charge in [-0.1, -0.05) is 44.2 Å². The van der Waals surface area contributed by atoms with Crippen LogP contribution in [-0.4, -0.2) is 48.6 Å². The third-order valence-corrected chi connectivity index (χ3v) is 4.72. The van der Waals surface area contributed by atoms with Gasteiger partial charge in [0.25, 0.3) is 0 Å². The number of likely N-dealkylation sites (N-methyl/N-ethyl adjacent to an activating group) is 1. The molecule has 21 heavy (non-hydrogen) atoms. The average molecular weight is 289 g/mol. The smallest absolute Gasteiger partial charge is 0.0455 e. The van der Waals surface area contributed by atoms with Crippen molar-refractivity contribution in [2.75, 3.05) is 26.7 Å². The predicted molar refractivity (Wildman–Crippen MR) is 90.3 cm³/mol. The molecule has 3 heteroatoms. The highest BCUT2D eigenvalue weighted by atomic mass is 15.3. The fourth-order valence-corrected chi connectivity index (χ4v) is 3.71. The molecule has 0 aliphatic carbocycles. The van der Waals surface area contributed by atoms with Gasteiger partial charge in [-0.3, -0.25) is 4.90 Å². The molecule has 1 aliphatic rings.